The summed E-state index contributed by atoms with van der Waals surface area (Å²) in [4.78, 5) is 13.1. The fourth-order valence-electron chi connectivity index (χ4n) is 3.61. The Morgan fingerprint density at radius 1 is 1.03 bits per heavy atom. The van der Waals surface area contributed by atoms with Gasteiger partial charge in [0.2, 0.25) is 10.0 Å². The Kier molecular flexibility index (Phi) is 6.41. The number of hydrogen-bond donors (Lipinski definition) is 1. The van der Waals surface area contributed by atoms with Gasteiger partial charge in [0.25, 0.3) is 5.91 Å². The highest BCUT2D eigenvalue weighted by Crippen LogP contribution is 2.23. The summed E-state index contributed by atoms with van der Waals surface area (Å²) in [5.74, 6) is -0.283. The number of sulfonamides is 1. The second-order valence-corrected chi connectivity index (χ2v) is 9.49. The third-order valence-electron chi connectivity index (χ3n) is 5.30. The van der Waals surface area contributed by atoms with Crippen LogP contribution in [0.2, 0.25) is 0 Å². The van der Waals surface area contributed by atoms with E-state index in [1.54, 1.807) is 12.1 Å². The Bertz CT molecular complexity index is 1010. The van der Waals surface area contributed by atoms with Gasteiger partial charge in [0.15, 0.2) is 0 Å². The number of carbonyl (C=O) groups excluding carboxylic acids is 1. The first-order valence-corrected chi connectivity index (χ1v) is 11.2. The smallest absolute Gasteiger partial charge is 0.252 e. The van der Waals surface area contributed by atoms with Crippen molar-refractivity contribution in [1.82, 2.24) is 9.62 Å². The number of carbonyl (C=O) groups is 1. The lowest BCUT2D eigenvalue weighted by Gasteiger charge is -2.26. The maximum absolute atomic E-state index is 12.9. The Labute approximate surface area is 172 Å². The van der Waals surface area contributed by atoms with Crippen molar-refractivity contribution in [2.24, 2.45) is 0 Å². The van der Waals surface area contributed by atoms with Crippen molar-refractivity contribution < 1.29 is 17.9 Å². The summed E-state index contributed by atoms with van der Waals surface area (Å²) in [6, 6.07) is 10.6. The largest absolute Gasteiger partial charge is 0.379 e. The quantitative estimate of drug-likeness (QED) is 0.813. The van der Waals surface area contributed by atoms with E-state index < -0.39 is 10.0 Å². The summed E-state index contributed by atoms with van der Waals surface area (Å²) in [7, 11) is -3.65. The van der Waals surface area contributed by atoms with Crippen molar-refractivity contribution in [2.45, 2.75) is 38.6 Å². The number of nitrogens with one attached hydrogen (secondary N) is 1. The molecule has 7 heteroatoms. The predicted molar refractivity (Wildman–Crippen MR) is 113 cm³/mol. The SMILES string of the molecule is Cc1ccc([C@@H](C)NC(=O)c2cc(S(=O)(=O)N3CCOCC3)ccc2C)c(C)c1. The molecule has 0 spiro atoms. The number of ether oxygens (including phenoxy) is 1. The van der Waals surface area contributed by atoms with Crippen molar-refractivity contribution in [3.05, 3.63) is 64.2 Å². The molecular formula is C22H28N2O4S. The molecule has 0 unspecified atom stereocenters. The molecule has 156 valence electrons. The van der Waals surface area contributed by atoms with Gasteiger partial charge in [-0.15, -0.1) is 0 Å². The maximum Gasteiger partial charge on any atom is 0.252 e. The van der Waals surface area contributed by atoms with E-state index in [-0.39, 0.29) is 16.8 Å². The Morgan fingerprint density at radius 2 is 1.72 bits per heavy atom. The fourth-order valence-corrected chi connectivity index (χ4v) is 5.04. The highest BCUT2D eigenvalue weighted by atomic mass is 32.2. The number of nitrogens with zero attached hydrogens (tertiary/aromatic N) is 1. The van der Waals surface area contributed by atoms with Crippen LogP contribution in [0, 0.1) is 20.8 Å². The monoisotopic (exact) mass is 416 g/mol. The summed E-state index contributed by atoms with van der Waals surface area (Å²) in [5, 5.41) is 3.00. The molecule has 0 radical (unpaired) electrons. The third-order valence-corrected chi connectivity index (χ3v) is 7.20. The third kappa shape index (κ3) is 4.69. The summed E-state index contributed by atoms with van der Waals surface area (Å²) in [5.41, 5.74) is 4.42. The molecule has 1 fully saturated rings. The molecule has 0 bridgehead atoms. The number of benzene rings is 2. The minimum Gasteiger partial charge on any atom is -0.379 e. The summed E-state index contributed by atoms with van der Waals surface area (Å²) >= 11 is 0. The van der Waals surface area contributed by atoms with Crippen LogP contribution in [0.4, 0.5) is 0 Å². The second kappa shape index (κ2) is 8.65. The molecule has 0 aromatic heterocycles. The molecule has 1 heterocycles. The van der Waals surface area contributed by atoms with Crippen LogP contribution in [0.3, 0.4) is 0 Å². The first-order valence-electron chi connectivity index (χ1n) is 9.76. The number of aryl methyl sites for hydroxylation is 3. The average molecular weight is 417 g/mol. The molecule has 29 heavy (non-hydrogen) atoms. The van der Waals surface area contributed by atoms with Gasteiger partial charge in [0.1, 0.15) is 0 Å². The van der Waals surface area contributed by atoms with E-state index >= 15 is 0 Å². The lowest BCUT2D eigenvalue weighted by atomic mass is 9.99. The van der Waals surface area contributed by atoms with Crippen LogP contribution in [-0.4, -0.2) is 44.9 Å². The molecule has 1 aliphatic heterocycles. The number of hydrogen-bond acceptors (Lipinski definition) is 4. The molecule has 1 aliphatic rings. The van der Waals surface area contributed by atoms with Gasteiger partial charge in [-0.3, -0.25) is 4.79 Å². The van der Waals surface area contributed by atoms with E-state index in [9.17, 15) is 13.2 Å². The maximum atomic E-state index is 12.9. The Balaban J connectivity index is 1.84. The standard InChI is InChI=1S/C22H28N2O4S/c1-15-5-8-20(17(3)13-15)18(4)23-22(25)21-14-19(7-6-16(21)2)29(26,27)24-9-11-28-12-10-24/h5-8,13-14,18H,9-12H2,1-4H3,(H,23,25)/t18-/m1/s1. The summed E-state index contributed by atoms with van der Waals surface area (Å²) in [6.07, 6.45) is 0. The van der Waals surface area contributed by atoms with Crippen LogP contribution in [0.25, 0.3) is 0 Å². The molecule has 6 nitrogen and oxygen atoms in total. The Hall–Kier alpha value is -2.22. The van der Waals surface area contributed by atoms with Gasteiger partial charge < -0.3 is 10.1 Å². The van der Waals surface area contributed by atoms with E-state index in [1.165, 1.54) is 15.9 Å². The van der Waals surface area contributed by atoms with Crippen LogP contribution in [0.5, 0.6) is 0 Å². The van der Waals surface area contributed by atoms with Crippen LogP contribution >= 0.6 is 0 Å². The van der Waals surface area contributed by atoms with Crippen molar-refractivity contribution in [3.63, 3.8) is 0 Å². The van der Waals surface area contributed by atoms with Crippen molar-refractivity contribution in [3.8, 4) is 0 Å². The topological polar surface area (TPSA) is 75.7 Å². The summed E-state index contributed by atoms with van der Waals surface area (Å²) in [6.45, 7) is 9.19. The highest BCUT2D eigenvalue weighted by Gasteiger charge is 2.27. The van der Waals surface area contributed by atoms with Crippen LogP contribution in [-0.2, 0) is 14.8 Å². The minimum atomic E-state index is -3.65. The van der Waals surface area contributed by atoms with Crippen molar-refractivity contribution in [1.29, 1.82) is 0 Å². The van der Waals surface area contributed by atoms with Gasteiger partial charge in [-0.25, -0.2) is 8.42 Å². The van der Waals surface area contributed by atoms with Gasteiger partial charge in [0.05, 0.1) is 24.2 Å². The van der Waals surface area contributed by atoms with E-state index in [0.29, 0.717) is 31.9 Å². The van der Waals surface area contributed by atoms with Crippen LogP contribution < -0.4 is 5.32 Å². The molecule has 1 N–H and O–H groups in total. The van der Waals surface area contributed by atoms with Gasteiger partial charge in [-0.1, -0.05) is 29.8 Å². The van der Waals surface area contributed by atoms with E-state index in [1.807, 2.05) is 39.8 Å². The van der Waals surface area contributed by atoms with E-state index in [4.69, 9.17) is 4.74 Å². The number of morpholine rings is 1. The highest BCUT2D eigenvalue weighted by molar-refractivity contribution is 7.89. The average Bonchev–Trinajstić information content (AvgIpc) is 2.68. The molecule has 1 saturated heterocycles. The zero-order valence-electron chi connectivity index (χ0n) is 17.4. The fraction of sp³-hybridized carbons (Fsp3) is 0.409. The van der Waals surface area contributed by atoms with Crippen molar-refractivity contribution >= 4 is 15.9 Å². The first-order chi connectivity index (χ1) is 13.7. The van der Waals surface area contributed by atoms with E-state index in [0.717, 1.165) is 16.7 Å². The Morgan fingerprint density at radius 3 is 2.38 bits per heavy atom. The molecular weight excluding hydrogens is 388 g/mol. The molecule has 3 rings (SSSR count). The van der Waals surface area contributed by atoms with Crippen LogP contribution in [0.1, 0.15) is 45.6 Å². The molecule has 2 aromatic rings. The number of rotatable bonds is 5. The number of amides is 1. The molecule has 0 aliphatic carbocycles. The lowest BCUT2D eigenvalue weighted by molar-refractivity contribution is 0.0730. The van der Waals surface area contributed by atoms with Crippen molar-refractivity contribution in [2.75, 3.05) is 26.3 Å². The zero-order valence-corrected chi connectivity index (χ0v) is 18.2. The normalized spacial score (nSPS) is 16.4. The summed E-state index contributed by atoms with van der Waals surface area (Å²) < 4.78 is 32.5. The predicted octanol–water partition coefficient (Wildman–Crippen LogP) is 3.12. The zero-order chi connectivity index (χ0) is 21.2. The van der Waals surface area contributed by atoms with Gasteiger partial charge in [-0.05, 0) is 56.5 Å². The minimum absolute atomic E-state index is 0.134. The van der Waals surface area contributed by atoms with E-state index in [2.05, 4.69) is 11.4 Å². The molecule has 2 aromatic carbocycles. The molecule has 0 saturated carbocycles. The first kappa shape index (κ1) is 21.5. The van der Waals surface area contributed by atoms with Gasteiger partial charge >= 0.3 is 0 Å². The lowest BCUT2D eigenvalue weighted by Crippen LogP contribution is -2.40. The van der Waals surface area contributed by atoms with Crippen LogP contribution in [0.15, 0.2) is 41.3 Å². The van der Waals surface area contributed by atoms with Gasteiger partial charge in [0, 0.05) is 18.7 Å². The second-order valence-electron chi connectivity index (χ2n) is 7.55. The molecule has 1 atom stereocenters. The van der Waals surface area contributed by atoms with Gasteiger partial charge in [-0.2, -0.15) is 4.31 Å². The molecule has 1 amide bonds.